The molecule has 0 atom stereocenters. The van der Waals surface area contributed by atoms with Gasteiger partial charge in [0.1, 0.15) is 5.75 Å². The zero-order chi connectivity index (χ0) is 21.2. The Labute approximate surface area is 180 Å². The smallest absolute Gasteiger partial charge is 0.248 e. The number of aromatic nitrogens is 2. The molecule has 2 aromatic carbocycles. The molecule has 0 saturated carbocycles. The SMILES string of the molecule is C/C=C/c1ccc(C)cc1-c1nnc(-c2ccc(OCCCCCCCC)cc2)o1. The molecule has 0 amide bonds. The summed E-state index contributed by atoms with van der Waals surface area (Å²) in [5.41, 5.74) is 4.06. The second kappa shape index (κ2) is 11.3. The van der Waals surface area contributed by atoms with Crippen LogP contribution in [0.1, 0.15) is 63.5 Å². The van der Waals surface area contributed by atoms with Gasteiger partial charge in [0.15, 0.2) is 0 Å². The van der Waals surface area contributed by atoms with Gasteiger partial charge in [0, 0.05) is 11.1 Å². The second-order valence-corrected chi connectivity index (χ2v) is 7.64. The van der Waals surface area contributed by atoms with E-state index in [0.29, 0.717) is 11.8 Å². The molecule has 4 nitrogen and oxygen atoms in total. The standard InChI is InChI=1S/C26H32N2O2/c1-4-6-7-8-9-10-18-29-23-16-14-22(15-17-23)25-27-28-26(30-25)24-19-20(3)12-13-21(24)11-5-2/h5,11-17,19H,4,6-10,18H2,1-3H3/b11-5+. The first-order valence-electron chi connectivity index (χ1n) is 11.0. The Balaban J connectivity index is 1.61. The molecule has 0 radical (unpaired) electrons. The molecular weight excluding hydrogens is 372 g/mol. The summed E-state index contributed by atoms with van der Waals surface area (Å²) < 4.78 is 11.8. The van der Waals surface area contributed by atoms with Crippen molar-refractivity contribution in [2.75, 3.05) is 6.61 Å². The number of nitrogens with zero attached hydrogens (tertiary/aromatic N) is 2. The van der Waals surface area contributed by atoms with Gasteiger partial charge >= 0.3 is 0 Å². The van der Waals surface area contributed by atoms with Gasteiger partial charge in [0.25, 0.3) is 0 Å². The molecule has 0 aliphatic carbocycles. The van der Waals surface area contributed by atoms with E-state index in [9.17, 15) is 0 Å². The first kappa shape index (κ1) is 21.8. The van der Waals surface area contributed by atoms with E-state index >= 15 is 0 Å². The fourth-order valence-corrected chi connectivity index (χ4v) is 3.40. The summed E-state index contributed by atoms with van der Waals surface area (Å²) in [6, 6.07) is 14.1. The maximum atomic E-state index is 5.99. The van der Waals surface area contributed by atoms with Crippen molar-refractivity contribution in [1.29, 1.82) is 0 Å². The van der Waals surface area contributed by atoms with Crippen LogP contribution < -0.4 is 4.74 Å². The number of rotatable bonds is 11. The van der Waals surface area contributed by atoms with E-state index in [1.807, 2.05) is 37.3 Å². The van der Waals surface area contributed by atoms with Gasteiger partial charge in [-0.05, 0) is 56.2 Å². The van der Waals surface area contributed by atoms with E-state index in [1.165, 1.54) is 32.1 Å². The van der Waals surface area contributed by atoms with Gasteiger partial charge in [-0.2, -0.15) is 0 Å². The van der Waals surface area contributed by atoms with E-state index in [2.05, 4.69) is 48.3 Å². The maximum absolute atomic E-state index is 5.99. The van der Waals surface area contributed by atoms with Crippen molar-refractivity contribution in [3.63, 3.8) is 0 Å². The molecule has 0 bridgehead atoms. The molecule has 1 heterocycles. The average molecular weight is 405 g/mol. The van der Waals surface area contributed by atoms with E-state index in [4.69, 9.17) is 9.15 Å². The Bertz CT molecular complexity index is 942. The van der Waals surface area contributed by atoms with E-state index in [-0.39, 0.29) is 0 Å². The first-order valence-corrected chi connectivity index (χ1v) is 11.0. The molecule has 1 aromatic heterocycles. The lowest BCUT2D eigenvalue weighted by Gasteiger charge is -2.06. The number of aryl methyl sites for hydroxylation is 1. The Kier molecular flexibility index (Phi) is 8.25. The number of ether oxygens (including phenoxy) is 1. The molecule has 0 aliphatic rings. The van der Waals surface area contributed by atoms with Crippen LogP contribution in [0.15, 0.2) is 53.0 Å². The molecular formula is C26H32N2O2. The number of benzene rings is 2. The molecule has 0 fully saturated rings. The van der Waals surface area contributed by atoms with Crippen molar-refractivity contribution in [2.24, 2.45) is 0 Å². The summed E-state index contributed by atoms with van der Waals surface area (Å²) in [5.74, 6) is 1.92. The summed E-state index contributed by atoms with van der Waals surface area (Å²) in [4.78, 5) is 0. The van der Waals surface area contributed by atoms with Crippen molar-refractivity contribution in [1.82, 2.24) is 10.2 Å². The molecule has 0 unspecified atom stereocenters. The van der Waals surface area contributed by atoms with E-state index < -0.39 is 0 Å². The predicted octanol–water partition coefficient (Wildman–Crippen LogP) is 7.48. The highest BCUT2D eigenvalue weighted by Gasteiger charge is 2.13. The van der Waals surface area contributed by atoms with Crippen molar-refractivity contribution in [3.8, 4) is 28.7 Å². The number of unbranched alkanes of at least 4 members (excludes halogenated alkanes) is 5. The van der Waals surface area contributed by atoms with Gasteiger partial charge in [-0.3, -0.25) is 0 Å². The molecule has 0 saturated heterocycles. The van der Waals surface area contributed by atoms with Crippen LogP contribution >= 0.6 is 0 Å². The van der Waals surface area contributed by atoms with Crippen LogP contribution in [-0.4, -0.2) is 16.8 Å². The summed E-state index contributed by atoms with van der Waals surface area (Å²) in [5, 5.41) is 8.53. The number of allylic oxidation sites excluding steroid dienone is 1. The number of hydrogen-bond donors (Lipinski definition) is 0. The van der Waals surface area contributed by atoms with Gasteiger partial charge < -0.3 is 9.15 Å². The highest BCUT2D eigenvalue weighted by molar-refractivity contribution is 5.71. The van der Waals surface area contributed by atoms with Crippen molar-refractivity contribution < 1.29 is 9.15 Å². The van der Waals surface area contributed by atoms with Gasteiger partial charge in [-0.25, -0.2) is 0 Å². The lowest BCUT2D eigenvalue weighted by molar-refractivity contribution is 0.304. The van der Waals surface area contributed by atoms with Crippen LogP contribution in [0.2, 0.25) is 0 Å². The zero-order valence-corrected chi connectivity index (χ0v) is 18.4. The second-order valence-electron chi connectivity index (χ2n) is 7.64. The lowest BCUT2D eigenvalue weighted by Crippen LogP contribution is -1.97. The summed E-state index contributed by atoms with van der Waals surface area (Å²) in [6.07, 6.45) is 11.6. The monoisotopic (exact) mass is 404 g/mol. The van der Waals surface area contributed by atoms with Gasteiger partial charge in [-0.1, -0.05) is 68.9 Å². The molecule has 0 spiro atoms. The maximum Gasteiger partial charge on any atom is 0.248 e. The molecule has 3 aromatic rings. The Morgan fingerprint density at radius 2 is 1.63 bits per heavy atom. The van der Waals surface area contributed by atoms with Gasteiger partial charge in [0.2, 0.25) is 11.8 Å². The lowest BCUT2D eigenvalue weighted by atomic mass is 10.0. The molecule has 4 heteroatoms. The zero-order valence-electron chi connectivity index (χ0n) is 18.4. The Morgan fingerprint density at radius 1 is 0.900 bits per heavy atom. The van der Waals surface area contributed by atoms with Gasteiger partial charge in [0.05, 0.1) is 6.61 Å². The molecule has 0 N–H and O–H groups in total. The van der Waals surface area contributed by atoms with Crippen molar-refractivity contribution in [2.45, 2.75) is 59.3 Å². The van der Waals surface area contributed by atoms with Crippen molar-refractivity contribution in [3.05, 3.63) is 59.7 Å². The topological polar surface area (TPSA) is 48.2 Å². The Hall–Kier alpha value is -2.88. The normalized spacial score (nSPS) is 11.3. The first-order chi connectivity index (χ1) is 14.7. The summed E-state index contributed by atoms with van der Waals surface area (Å²) in [7, 11) is 0. The van der Waals surface area contributed by atoms with Crippen LogP contribution in [0.5, 0.6) is 5.75 Å². The molecule has 30 heavy (non-hydrogen) atoms. The molecule has 3 rings (SSSR count). The van der Waals surface area contributed by atoms with Crippen LogP contribution in [0.25, 0.3) is 29.0 Å². The summed E-state index contributed by atoms with van der Waals surface area (Å²) in [6.45, 7) is 7.06. The average Bonchev–Trinajstić information content (AvgIpc) is 3.25. The minimum Gasteiger partial charge on any atom is -0.494 e. The van der Waals surface area contributed by atoms with E-state index in [0.717, 1.165) is 41.0 Å². The molecule has 0 aliphatic heterocycles. The molecule has 158 valence electrons. The minimum absolute atomic E-state index is 0.514. The minimum atomic E-state index is 0.514. The third-order valence-corrected chi connectivity index (χ3v) is 5.08. The van der Waals surface area contributed by atoms with Crippen LogP contribution in [0.4, 0.5) is 0 Å². The van der Waals surface area contributed by atoms with Crippen LogP contribution in [0.3, 0.4) is 0 Å². The summed E-state index contributed by atoms with van der Waals surface area (Å²) >= 11 is 0. The van der Waals surface area contributed by atoms with Gasteiger partial charge in [-0.15, -0.1) is 10.2 Å². The fraction of sp³-hybridized carbons (Fsp3) is 0.385. The third kappa shape index (κ3) is 6.06. The highest BCUT2D eigenvalue weighted by Crippen LogP contribution is 2.29. The third-order valence-electron chi connectivity index (χ3n) is 5.08. The highest BCUT2D eigenvalue weighted by atomic mass is 16.5. The number of hydrogen-bond acceptors (Lipinski definition) is 4. The fourth-order valence-electron chi connectivity index (χ4n) is 3.40. The van der Waals surface area contributed by atoms with Crippen molar-refractivity contribution >= 4 is 6.08 Å². The Morgan fingerprint density at radius 3 is 2.40 bits per heavy atom. The van der Waals surface area contributed by atoms with Crippen LogP contribution in [-0.2, 0) is 0 Å². The quantitative estimate of drug-likeness (QED) is 0.311. The predicted molar refractivity (Wildman–Crippen MR) is 123 cm³/mol. The van der Waals surface area contributed by atoms with E-state index in [1.54, 1.807) is 0 Å². The largest absolute Gasteiger partial charge is 0.494 e. The van der Waals surface area contributed by atoms with Crippen LogP contribution in [0, 0.1) is 6.92 Å².